The van der Waals surface area contributed by atoms with Gasteiger partial charge in [0, 0.05) is 21.3 Å². The molecule has 3 rings (SSSR count). The molecule has 4 nitrogen and oxygen atoms in total. The Balaban J connectivity index is 2.38. The van der Waals surface area contributed by atoms with Gasteiger partial charge in [0.15, 0.2) is 0 Å². The van der Waals surface area contributed by atoms with E-state index in [1.807, 2.05) is 12.1 Å². The molecule has 0 fully saturated rings. The van der Waals surface area contributed by atoms with Crippen LogP contribution in [-0.2, 0) is 0 Å². The van der Waals surface area contributed by atoms with E-state index in [0.29, 0.717) is 10.7 Å². The van der Waals surface area contributed by atoms with E-state index in [1.54, 1.807) is 12.1 Å². The second-order valence-electron chi connectivity index (χ2n) is 3.59. The van der Waals surface area contributed by atoms with Gasteiger partial charge < -0.3 is 15.1 Å². The Morgan fingerprint density at radius 3 is 2.75 bits per heavy atom. The van der Waals surface area contributed by atoms with E-state index in [-0.39, 0.29) is 5.69 Å². The van der Waals surface area contributed by atoms with Gasteiger partial charge in [0.05, 0.1) is 0 Å². The molecule has 1 aromatic carbocycles. The molecule has 0 aliphatic heterocycles. The molecule has 2 aromatic heterocycles. The van der Waals surface area contributed by atoms with Crippen molar-refractivity contribution in [1.82, 2.24) is 9.97 Å². The quantitative estimate of drug-likeness (QED) is 0.606. The third kappa shape index (κ3) is 1.20. The zero-order valence-electron chi connectivity index (χ0n) is 8.04. The van der Waals surface area contributed by atoms with Crippen LogP contribution >= 0.6 is 11.6 Å². The van der Waals surface area contributed by atoms with Crippen LogP contribution in [0.1, 0.15) is 10.5 Å². The molecule has 0 atom stereocenters. The summed E-state index contributed by atoms with van der Waals surface area (Å²) in [6.07, 6.45) is 0. The molecule has 5 heteroatoms. The van der Waals surface area contributed by atoms with Gasteiger partial charge in [-0.1, -0.05) is 17.7 Å². The maximum absolute atomic E-state index is 10.8. The van der Waals surface area contributed by atoms with Crippen LogP contribution in [0.5, 0.6) is 0 Å². The summed E-state index contributed by atoms with van der Waals surface area (Å²) < 4.78 is 0. The summed E-state index contributed by atoms with van der Waals surface area (Å²) in [7, 11) is 0. The summed E-state index contributed by atoms with van der Waals surface area (Å²) in [6.45, 7) is 0. The van der Waals surface area contributed by atoms with Crippen molar-refractivity contribution in [2.45, 2.75) is 0 Å². The number of rotatable bonds is 1. The van der Waals surface area contributed by atoms with Crippen molar-refractivity contribution in [3.8, 4) is 0 Å². The molecule has 0 aliphatic rings. The van der Waals surface area contributed by atoms with Gasteiger partial charge in [0.25, 0.3) is 0 Å². The molecule has 3 aromatic rings. The molecule has 16 heavy (non-hydrogen) atoms. The van der Waals surface area contributed by atoms with Gasteiger partial charge in [-0.2, -0.15) is 0 Å². The van der Waals surface area contributed by atoms with E-state index in [1.165, 1.54) is 0 Å². The number of benzene rings is 1. The highest BCUT2D eigenvalue weighted by Crippen LogP contribution is 2.27. The Morgan fingerprint density at radius 2 is 2.00 bits per heavy atom. The average molecular weight is 235 g/mol. The molecule has 0 aliphatic carbocycles. The fourth-order valence-corrected chi connectivity index (χ4v) is 2.04. The fraction of sp³-hybridized carbons (Fsp3) is 0. The van der Waals surface area contributed by atoms with E-state index in [0.717, 1.165) is 16.3 Å². The number of aromatic amines is 2. The zero-order valence-corrected chi connectivity index (χ0v) is 8.80. The highest BCUT2D eigenvalue weighted by molar-refractivity contribution is 6.31. The number of carboxylic acid groups (broad SMARTS) is 1. The van der Waals surface area contributed by atoms with Crippen LogP contribution in [0.3, 0.4) is 0 Å². The Labute approximate surface area is 94.8 Å². The first-order valence-electron chi connectivity index (χ1n) is 4.68. The molecule has 0 saturated heterocycles. The summed E-state index contributed by atoms with van der Waals surface area (Å²) in [5.41, 5.74) is 1.78. The van der Waals surface area contributed by atoms with Crippen LogP contribution < -0.4 is 0 Å². The Hall–Kier alpha value is -1.94. The van der Waals surface area contributed by atoms with Crippen molar-refractivity contribution in [2.75, 3.05) is 0 Å². The molecule has 0 radical (unpaired) electrons. The molecule has 0 bridgehead atoms. The fourth-order valence-electron chi connectivity index (χ4n) is 1.87. The van der Waals surface area contributed by atoms with Crippen molar-refractivity contribution < 1.29 is 9.90 Å². The number of hydrogen-bond donors (Lipinski definition) is 3. The van der Waals surface area contributed by atoms with Crippen molar-refractivity contribution in [3.63, 3.8) is 0 Å². The van der Waals surface area contributed by atoms with Gasteiger partial charge in [-0.25, -0.2) is 4.79 Å². The van der Waals surface area contributed by atoms with Crippen molar-refractivity contribution in [3.05, 3.63) is 35.0 Å². The lowest BCUT2D eigenvalue weighted by molar-refractivity contribution is 0.0691. The summed E-state index contributed by atoms with van der Waals surface area (Å²) in [6, 6.07) is 7.08. The highest BCUT2D eigenvalue weighted by Gasteiger charge is 2.11. The number of H-pyrrole nitrogens is 2. The monoisotopic (exact) mass is 234 g/mol. The number of fused-ring (bicyclic) bond motifs is 3. The van der Waals surface area contributed by atoms with Crippen LogP contribution in [0, 0.1) is 0 Å². The van der Waals surface area contributed by atoms with Crippen molar-refractivity contribution in [2.24, 2.45) is 0 Å². The normalized spacial score (nSPS) is 11.3. The van der Waals surface area contributed by atoms with E-state index >= 15 is 0 Å². The van der Waals surface area contributed by atoms with Gasteiger partial charge in [-0.3, -0.25) is 0 Å². The predicted molar refractivity (Wildman–Crippen MR) is 62.1 cm³/mol. The van der Waals surface area contributed by atoms with Crippen LogP contribution in [-0.4, -0.2) is 21.0 Å². The third-order valence-electron chi connectivity index (χ3n) is 2.58. The predicted octanol–water partition coefficient (Wildman–Crippen LogP) is 3.00. The van der Waals surface area contributed by atoms with Gasteiger partial charge in [-0.15, -0.1) is 0 Å². The molecular formula is C11H7ClN2O2. The van der Waals surface area contributed by atoms with E-state index in [4.69, 9.17) is 16.7 Å². The lowest BCUT2D eigenvalue weighted by Gasteiger charge is -1.91. The number of halogens is 1. The van der Waals surface area contributed by atoms with Crippen LogP contribution in [0.4, 0.5) is 0 Å². The van der Waals surface area contributed by atoms with Crippen molar-refractivity contribution >= 4 is 39.5 Å². The molecule has 0 saturated carbocycles. The number of carbonyl (C=O) groups is 1. The molecule has 2 heterocycles. The Kier molecular flexibility index (Phi) is 1.76. The molecule has 0 amide bonds. The first-order chi connectivity index (χ1) is 7.65. The minimum atomic E-state index is -0.966. The number of aromatic carboxylic acids is 1. The van der Waals surface area contributed by atoms with Gasteiger partial charge >= 0.3 is 5.97 Å². The van der Waals surface area contributed by atoms with E-state index < -0.39 is 5.97 Å². The third-order valence-corrected chi connectivity index (χ3v) is 2.81. The molecule has 80 valence electrons. The number of nitrogens with one attached hydrogen (secondary N) is 2. The summed E-state index contributed by atoms with van der Waals surface area (Å²) in [4.78, 5) is 16.7. The first-order valence-corrected chi connectivity index (χ1v) is 5.06. The molecule has 0 unspecified atom stereocenters. The van der Waals surface area contributed by atoms with Crippen LogP contribution in [0.15, 0.2) is 24.3 Å². The lowest BCUT2D eigenvalue weighted by atomic mass is 10.2. The number of carboxylic acids is 1. The van der Waals surface area contributed by atoms with Crippen LogP contribution in [0.25, 0.3) is 21.9 Å². The molecule has 3 N–H and O–H groups in total. The summed E-state index contributed by atoms with van der Waals surface area (Å²) in [5.74, 6) is -0.966. The Bertz CT molecular complexity index is 711. The van der Waals surface area contributed by atoms with Gasteiger partial charge in [0.2, 0.25) is 0 Å². The summed E-state index contributed by atoms with van der Waals surface area (Å²) in [5, 5.41) is 11.3. The zero-order chi connectivity index (χ0) is 11.3. The van der Waals surface area contributed by atoms with E-state index in [9.17, 15) is 4.79 Å². The second-order valence-corrected chi connectivity index (χ2v) is 4.03. The number of aromatic nitrogens is 2. The van der Waals surface area contributed by atoms with E-state index in [2.05, 4.69) is 9.97 Å². The smallest absolute Gasteiger partial charge is 0.352 e. The summed E-state index contributed by atoms with van der Waals surface area (Å²) >= 11 is 5.87. The topological polar surface area (TPSA) is 68.9 Å². The SMILES string of the molecule is O=C(O)c1cc2c([nH]1)[nH]c1cc(Cl)ccc12. The maximum Gasteiger partial charge on any atom is 0.352 e. The highest BCUT2D eigenvalue weighted by atomic mass is 35.5. The largest absolute Gasteiger partial charge is 0.477 e. The Morgan fingerprint density at radius 1 is 1.19 bits per heavy atom. The molecule has 0 spiro atoms. The number of hydrogen-bond acceptors (Lipinski definition) is 1. The molecular weight excluding hydrogens is 228 g/mol. The standard InChI is InChI=1S/C11H7ClN2O2/c12-5-1-2-6-7-4-9(11(15)16)14-10(7)13-8(6)3-5/h1-4,13-14H,(H,15,16). The first kappa shape index (κ1) is 9.30. The maximum atomic E-state index is 10.8. The lowest BCUT2D eigenvalue weighted by Crippen LogP contribution is -1.95. The van der Waals surface area contributed by atoms with Crippen LogP contribution in [0.2, 0.25) is 5.02 Å². The second kappa shape index (κ2) is 3.02. The van der Waals surface area contributed by atoms with Crippen molar-refractivity contribution in [1.29, 1.82) is 0 Å². The minimum Gasteiger partial charge on any atom is -0.477 e. The van der Waals surface area contributed by atoms with Gasteiger partial charge in [0.1, 0.15) is 11.3 Å². The van der Waals surface area contributed by atoms with Gasteiger partial charge in [-0.05, 0) is 18.2 Å². The average Bonchev–Trinajstić information content (AvgIpc) is 2.73. The minimum absolute atomic E-state index is 0.179.